The Kier molecular flexibility index (Phi) is 5.73. The number of ether oxygens (including phenoxy) is 1. The van der Waals surface area contributed by atoms with Crippen LogP contribution >= 0.6 is 0 Å². The number of esters is 1. The second kappa shape index (κ2) is 8.05. The molecule has 3 heterocycles. The standard InChI is InChI=1S/C20H23FN4O3/c1-3-5-9-19(23-24-19)10-8-17(26)25-13-16(15-7-6-11-22-12-15)20(21,14-25)18(27)28-4-2/h1,6-7,11-12,16H,4-5,8-10,13-14H2,2H3/t16-,20-/m1/s1. The van der Waals surface area contributed by atoms with E-state index < -0.39 is 23.2 Å². The molecular formula is C20H23FN4O3. The highest BCUT2D eigenvalue weighted by Gasteiger charge is 2.56. The monoisotopic (exact) mass is 386 g/mol. The Morgan fingerprint density at radius 3 is 2.82 bits per heavy atom. The first-order valence-corrected chi connectivity index (χ1v) is 9.35. The first-order chi connectivity index (χ1) is 13.4. The van der Waals surface area contributed by atoms with Gasteiger partial charge >= 0.3 is 5.97 Å². The van der Waals surface area contributed by atoms with Crippen molar-refractivity contribution in [2.24, 2.45) is 10.2 Å². The van der Waals surface area contributed by atoms with Gasteiger partial charge in [-0.1, -0.05) is 6.07 Å². The second-order valence-electron chi connectivity index (χ2n) is 7.08. The van der Waals surface area contributed by atoms with E-state index in [-0.39, 0.29) is 32.0 Å². The molecule has 0 radical (unpaired) electrons. The van der Waals surface area contributed by atoms with E-state index in [1.165, 1.54) is 11.1 Å². The third-order valence-corrected chi connectivity index (χ3v) is 5.22. The summed E-state index contributed by atoms with van der Waals surface area (Å²) in [4.78, 5) is 30.5. The van der Waals surface area contributed by atoms with E-state index in [1.807, 2.05) is 0 Å². The molecule has 0 unspecified atom stereocenters. The van der Waals surface area contributed by atoms with E-state index in [9.17, 15) is 9.59 Å². The minimum atomic E-state index is -2.30. The van der Waals surface area contributed by atoms with Gasteiger partial charge in [0.15, 0.2) is 5.66 Å². The molecule has 1 fully saturated rings. The third-order valence-electron chi connectivity index (χ3n) is 5.22. The molecule has 0 N–H and O–H groups in total. The van der Waals surface area contributed by atoms with Crippen LogP contribution in [0.1, 0.15) is 44.1 Å². The van der Waals surface area contributed by atoms with E-state index in [2.05, 4.69) is 21.1 Å². The number of aromatic nitrogens is 1. The third kappa shape index (κ3) is 4.03. The highest BCUT2D eigenvalue weighted by Crippen LogP contribution is 2.41. The summed E-state index contributed by atoms with van der Waals surface area (Å²) in [6.45, 7) is 1.44. The average molecular weight is 386 g/mol. The SMILES string of the molecule is C#CCCC1(CCC(=O)N2C[C@H](c3cccnc3)[C@@](F)(C(=O)OCC)C2)N=N1. The van der Waals surface area contributed by atoms with Gasteiger partial charge in [-0.25, -0.2) is 9.18 Å². The van der Waals surface area contributed by atoms with Crippen LogP contribution in [0, 0.1) is 12.3 Å². The summed E-state index contributed by atoms with van der Waals surface area (Å²) < 4.78 is 20.7. The van der Waals surface area contributed by atoms with Crippen LogP contribution in [0.15, 0.2) is 34.8 Å². The Bertz CT molecular complexity index is 801. The number of hydrogen-bond donors (Lipinski definition) is 0. The van der Waals surface area contributed by atoms with Gasteiger partial charge in [-0.3, -0.25) is 9.78 Å². The molecule has 8 heteroatoms. The lowest BCUT2D eigenvalue weighted by Crippen LogP contribution is -2.43. The van der Waals surface area contributed by atoms with Crippen LogP contribution in [0.5, 0.6) is 0 Å². The zero-order valence-electron chi connectivity index (χ0n) is 15.8. The van der Waals surface area contributed by atoms with Gasteiger partial charge in [0.2, 0.25) is 11.6 Å². The van der Waals surface area contributed by atoms with E-state index in [0.717, 1.165) is 0 Å². The minimum absolute atomic E-state index is 0.0684. The number of carbonyl (C=O) groups is 2. The quantitative estimate of drug-likeness (QED) is 0.508. The van der Waals surface area contributed by atoms with Crippen molar-refractivity contribution in [3.05, 3.63) is 30.1 Å². The van der Waals surface area contributed by atoms with Crippen LogP contribution in [-0.2, 0) is 14.3 Å². The van der Waals surface area contributed by atoms with E-state index in [0.29, 0.717) is 24.8 Å². The number of pyridine rings is 1. The molecule has 7 nitrogen and oxygen atoms in total. The molecule has 1 aromatic rings. The summed E-state index contributed by atoms with van der Waals surface area (Å²) in [7, 11) is 0. The summed E-state index contributed by atoms with van der Waals surface area (Å²) in [6, 6.07) is 3.38. The number of likely N-dealkylation sites (tertiary alicyclic amines) is 1. The fourth-order valence-corrected chi connectivity index (χ4v) is 3.55. The van der Waals surface area contributed by atoms with Crippen LogP contribution in [-0.4, -0.2) is 52.8 Å². The van der Waals surface area contributed by atoms with Gasteiger partial charge in [0.1, 0.15) is 0 Å². The van der Waals surface area contributed by atoms with Gasteiger partial charge in [0.05, 0.1) is 19.1 Å². The molecule has 2 aliphatic heterocycles. The number of alkyl halides is 1. The molecule has 3 rings (SSSR count). The van der Waals surface area contributed by atoms with Crippen molar-refractivity contribution in [1.82, 2.24) is 9.88 Å². The largest absolute Gasteiger partial charge is 0.464 e. The minimum Gasteiger partial charge on any atom is -0.464 e. The first kappa shape index (κ1) is 19.9. The van der Waals surface area contributed by atoms with Gasteiger partial charge < -0.3 is 9.64 Å². The Labute approximate surface area is 163 Å². The zero-order chi connectivity index (χ0) is 20.2. The molecule has 2 atom stereocenters. The number of amides is 1. The lowest BCUT2D eigenvalue weighted by atomic mass is 9.87. The van der Waals surface area contributed by atoms with E-state index in [4.69, 9.17) is 11.2 Å². The molecule has 2 aliphatic rings. The van der Waals surface area contributed by atoms with Gasteiger partial charge in [0, 0.05) is 44.6 Å². The molecule has 1 amide bonds. The Hall–Kier alpha value is -2.82. The first-order valence-electron chi connectivity index (χ1n) is 9.35. The fraction of sp³-hybridized carbons (Fsp3) is 0.550. The maximum Gasteiger partial charge on any atom is 0.346 e. The van der Waals surface area contributed by atoms with Crippen molar-refractivity contribution in [3.63, 3.8) is 0 Å². The van der Waals surface area contributed by atoms with Gasteiger partial charge in [0.25, 0.3) is 0 Å². The normalized spacial score (nSPS) is 24.6. The molecule has 0 spiro atoms. The van der Waals surface area contributed by atoms with Crippen molar-refractivity contribution in [3.8, 4) is 12.3 Å². The average Bonchev–Trinajstić information content (AvgIpc) is 3.39. The Balaban J connectivity index is 1.70. The summed E-state index contributed by atoms with van der Waals surface area (Å²) in [5.74, 6) is 0.531. The van der Waals surface area contributed by atoms with E-state index in [1.54, 1.807) is 25.3 Å². The predicted octanol–water partition coefficient (Wildman–Crippen LogP) is 2.63. The highest BCUT2D eigenvalue weighted by atomic mass is 19.1. The molecule has 28 heavy (non-hydrogen) atoms. The smallest absolute Gasteiger partial charge is 0.346 e. The molecule has 1 aromatic heterocycles. The maximum atomic E-state index is 15.8. The van der Waals surface area contributed by atoms with Gasteiger partial charge in [-0.05, 0) is 18.6 Å². The lowest BCUT2D eigenvalue weighted by molar-refractivity contribution is -0.157. The Morgan fingerprint density at radius 1 is 1.43 bits per heavy atom. The highest BCUT2D eigenvalue weighted by molar-refractivity contribution is 5.85. The number of hydrogen-bond acceptors (Lipinski definition) is 6. The van der Waals surface area contributed by atoms with Crippen LogP contribution in [0.25, 0.3) is 0 Å². The van der Waals surface area contributed by atoms with Crippen LogP contribution in [0.3, 0.4) is 0 Å². The zero-order valence-corrected chi connectivity index (χ0v) is 15.8. The van der Waals surface area contributed by atoms with Gasteiger partial charge in [-0.2, -0.15) is 10.2 Å². The molecular weight excluding hydrogens is 363 g/mol. The van der Waals surface area contributed by atoms with Crippen molar-refractivity contribution < 1.29 is 18.7 Å². The van der Waals surface area contributed by atoms with Gasteiger partial charge in [-0.15, -0.1) is 12.3 Å². The number of rotatable bonds is 8. The van der Waals surface area contributed by atoms with Crippen molar-refractivity contribution in [2.45, 2.75) is 49.9 Å². The van der Waals surface area contributed by atoms with Crippen LogP contribution < -0.4 is 0 Å². The summed E-state index contributed by atoms with van der Waals surface area (Å²) in [6.07, 6.45) is 10.1. The number of nitrogens with zero attached hydrogens (tertiary/aromatic N) is 4. The molecule has 0 bridgehead atoms. The maximum absolute atomic E-state index is 15.8. The summed E-state index contributed by atoms with van der Waals surface area (Å²) in [5, 5.41) is 8.03. The predicted molar refractivity (Wildman–Crippen MR) is 98.9 cm³/mol. The lowest BCUT2D eigenvalue weighted by Gasteiger charge is -2.23. The molecule has 0 aromatic carbocycles. The van der Waals surface area contributed by atoms with E-state index >= 15 is 4.39 Å². The van der Waals surface area contributed by atoms with Crippen molar-refractivity contribution in [1.29, 1.82) is 0 Å². The molecule has 1 saturated heterocycles. The van der Waals surface area contributed by atoms with Crippen molar-refractivity contribution in [2.75, 3.05) is 19.7 Å². The number of terminal acetylenes is 1. The van der Waals surface area contributed by atoms with Crippen LogP contribution in [0.4, 0.5) is 4.39 Å². The Morgan fingerprint density at radius 2 is 2.21 bits per heavy atom. The van der Waals surface area contributed by atoms with Crippen molar-refractivity contribution >= 4 is 11.9 Å². The number of carbonyl (C=O) groups excluding carboxylic acids is 2. The number of halogens is 1. The fourth-order valence-electron chi connectivity index (χ4n) is 3.55. The summed E-state index contributed by atoms with van der Waals surface area (Å²) in [5.41, 5.74) is -2.31. The van der Waals surface area contributed by atoms with Crippen LogP contribution in [0.2, 0.25) is 0 Å². The molecule has 0 aliphatic carbocycles. The second-order valence-corrected chi connectivity index (χ2v) is 7.08. The molecule has 0 saturated carbocycles. The molecule has 148 valence electrons. The summed E-state index contributed by atoms with van der Waals surface area (Å²) >= 11 is 0. The topological polar surface area (TPSA) is 84.2 Å².